The summed E-state index contributed by atoms with van der Waals surface area (Å²) in [4.78, 5) is 29.2. The molecule has 0 saturated heterocycles. The minimum absolute atomic E-state index is 0.0100. The van der Waals surface area contributed by atoms with Gasteiger partial charge in [-0.15, -0.1) is 11.3 Å². The molecule has 0 radical (unpaired) electrons. The number of carbonyl (C=O) groups is 1. The largest absolute Gasteiger partial charge is 0.489 e. The first-order chi connectivity index (χ1) is 11.6. The van der Waals surface area contributed by atoms with E-state index >= 15 is 0 Å². The van der Waals surface area contributed by atoms with Gasteiger partial charge in [-0.3, -0.25) is 4.79 Å². The lowest BCUT2D eigenvalue weighted by Gasteiger charge is -2.15. The number of carbonyl (C=O) groups excluding carboxylic acids is 1. The number of thiophene rings is 1. The summed E-state index contributed by atoms with van der Waals surface area (Å²) in [7, 11) is -3.51. The quantitative estimate of drug-likeness (QED) is 0.528. The molecule has 1 unspecified atom stereocenters. The Bertz CT molecular complexity index is 799. The normalized spacial score (nSPS) is 13.4. The summed E-state index contributed by atoms with van der Waals surface area (Å²) in [6, 6.07) is 2.80. The zero-order chi connectivity index (χ0) is 18.9. The van der Waals surface area contributed by atoms with Gasteiger partial charge in [0.2, 0.25) is 14.3 Å². The number of rotatable bonds is 7. The molecule has 4 N–H and O–H groups in total. The van der Waals surface area contributed by atoms with E-state index in [1.54, 1.807) is 0 Å². The van der Waals surface area contributed by atoms with E-state index in [9.17, 15) is 13.6 Å². The first kappa shape index (κ1) is 20.5. The number of halogens is 3. The van der Waals surface area contributed by atoms with E-state index in [0.717, 1.165) is 12.8 Å². The minimum atomic E-state index is -3.81. The zero-order valence-electron chi connectivity index (χ0n) is 13.4. The maximum atomic E-state index is 14.1. The highest BCUT2D eigenvalue weighted by Crippen LogP contribution is 2.58. The van der Waals surface area contributed by atoms with Crippen molar-refractivity contribution in [2.75, 3.05) is 0 Å². The Morgan fingerprint density at radius 3 is 2.64 bits per heavy atom. The van der Waals surface area contributed by atoms with Crippen molar-refractivity contribution in [2.24, 2.45) is 5.73 Å². The lowest BCUT2D eigenvalue weighted by molar-refractivity contribution is 0.0766. The number of amides is 1. The van der Waals surface area contributed by atoms with E-state index in [-0.39, 0.29) is 21.9 Å². The minimum Gasteiger partial charge on any atom is -0.489 e. The van der Waals surface area contributed by atoms with Crippen molar-refractivity contribution in [2.45, 2.75) is 38.5 Å². The molecule has 5 nitrogen and oxygen atoms in total. The number of hydrogen-bond acceptors (Lipinski definition) is 5. The van der Waals surface area contributed by atoms with E-state index in [2.05, 4.69) is 15.9 Å². The maximum Gasteiger partial charge on any atom is 0.349 e. The highest BCUT2D eigenvalue weighted by Gasteiger charge is 2.45. The highest BCUT2D eigenvalue weighted by molar-refractivity contribution is 9.10. The van der Waals surface area contributed by atoms with Gasteiger partial charge < -0.3 is 20.3 Å². The van der Waals surface area contributed by atoms with Gasteiger partial charge in [-0.25, -0.2) is 0 Å². The second-order valence-electron chi connectivity index (χ2n) is 5.51. The molecule has 138 valence electrons. The fourth-order valence-corrected chi connectivity index (χ4v) is 5.11. The van der Waals surface area contributed by atoms with Crippen LogP contribution in [-0.2, 0) is 5.66 Å². The summed E-state index contributed by atoms with van der Waals surface area (Å²) >= 11 is 3.77. The van der Waals surface area contributed by atoms with E-state index < -0.39 is 24.8 Å². The van der Waals surface area contributed by atoms with Crippen LogP contribution < -0.4 is 10.5 Å². The van der Waals surface area contributed by atoms with Crippen molar-refractivity contribution in [3.8, 4) is 5.75 Å². The third-order valence-corrected chi connectivity index (χ3v) is 6.78. The average Bonchev–Trinajstić information content (AvgIpc) is 2.85. The van der Waals surface area contributed by atoms with Crippen LogP contribution in [0.15, 0.2) is 16.6 Å². The van der Waals surface area contributed by atoms with E-state index in [1.807, 2.05) is 13.8 Å². The summed E-state index contributed by atoms with van der Waals surface area (Å²) in [5.74, 6) is -0.451. The van der Waals surface area contributed by atoms with Crippen LogP contribution in [0.1, 0.15) is 41.9 Å². The first-order valence-corrected chi connectivity index (χ1v) is 10.2. The summed E-state index contributed by atoms with van der Waals surface area (Å²) in [6.45, 7) is 3.83. The predicted molar refractivity (Wildman–Crippen MR) is 98.3 cm³/mol. The summed E-state index contributed by atoms with van der Waals surface area (Å²) < 4.78 is 34.4. The Morgan fingerprint density at radius 1 is 1.48 bits per heavy atom. The molecule has 1 heterocycles. The van der Waals surface area contributed by atoms with Crippen molar-refractivity contribution < 1.29 is 28.1 Å². The topological polar surface area (TPSA) is 92.8 Å². The van der Waals surface area contributed by atoms with Crippen LogP contribution in [0.4, 0.5) is 8.78 Å². The van der Waals surface area contributed by atoms with Gasteiger partial charge in [0.05, 0.1) is 15.7 Å². The van der Waals surface area contributed by atoms with E-state index in [1.165, 1.54) is 12.1 Å². The van der Waals surface area contributed by atoms with Crippen LogP contribution in [0.2, 0.25) is 0 Å². The third-order valence-electron chi connectivity index (χ3n) is 3.53. The van der Waals surface area contributed by atoms with E-state index in [0.29, 0.717) is 21.4 Å². The van der Waals surface area contributed by atoms with Crippen LogP contribution in [0.25, 0.3) is 10.1 Å². The number of nitrogens with two attached hydrogens (primary N) is 1. The van der Waals surface area contributed by atoms with Crippen LogP contribution >= 0.6 is 35.6 Å². The second-order valence-corrected chi connectivity index (χ2v) is 8.46. The molecule has 1 aromatic carbocycles. The smallest absolute Gasteiger partial charge is 0.349 e. The van der Waals surface area contributed by atoms with Gasteiger partial charge in [0.1, 0.15) is 5.75 Å². The van der Waals surface area contributed by atoms with Crippen molar-refractivity contribution in [1.82, 2.24) is 0 Å². The zero-order valence-corrected chi connectivity index (χ0v) is 16.7. The molecule has 10 heteroatoms. The van der Waals surface area contributed by atoms with Crippen LogP contribution in [-0.4, -0.2) is 21.8 Å². The second kappa shape index (κ2) is 7.80. The molecule has 1 atom stereocenters. The highest BCUT2D eigenvalue weighted by atomic mass is 79.9. The molecule has 0 bridgehead atoms. The molecule has 1 aromatic heterocycles. The predicted octanol–water partition coefficient (Wildman–Crippen LogP) is 4.68. The van der Waals surface area contributed by atoms with Crippen LogP contribution in [0, 0.1) is 0 Å². The van der Waals surface area contributed by atoms with Crippen molar-refractivity contribution >= 4 is 51.6 Å². The molecule has 0 aliphatic carbocycles. The Hall–Kier alpha value is -0.860. The number of benzene rings is 1. The number of ether oxygens (including phenoxy) is 1. The van der Waals surface area contributed by atoms with Gasteiger partial charge in [-0.1, -0.05) is 13.3 Å². The molecule has 0 spiro atoms. The van der Waals surface area contributed by atoms with Crippen molar-refractivity contribution in [3.63, 3.8) is 0 Å². The Kier molecular flexibility index (Phi) is 6.38. The van der Waals surface area contributed by atoms with Gasteiger partial charge in [0.25, 0.3) is 0 Å². The van der Waals surface area contributed by atoms with Crippen molar-refractivity contribution in [3.05, 3.63) is 27.0 Å². The molecular weight excluding hydrogens is 439 g/mol. The average molecular weight is 456 g/mol. The molecule has 0 fully saturated rings. The summed E-state index contributed by atoms with van der Waals surface area (Å²) in [5.41, 5.74) is 1.63. The number of fused-ring (bicyclic) bond motifs is 1. The molecule has 2 rings (SSSR count). The molecule has 0 saturated carbocycles. The lowest BCUT2D eigenvalue weighted by atomic mass is 10.1. The maximum absolute atomic E-state index is 14.1. The van der Waals surface area contributed by atoms with Crippen LogP contribution in [0.3, 0.4) is 0 Å². The molecule has 1 amide bonds. The Morgan fingerprint density at radius 2 is 2.12 bits per heavy atom. The summed E-state index contributed by atoms with van der Waals surface area (Å²) in [6.07, 6.45) is 1.43. The molecule has 0 aliphatic rings. The summed E-state index contributed by atoms with van der Waals surface area (Å²) in [5, 5.41) is 0.312. The van der Waals surface area contributed by atoms with Gasteiger partial charge in [-0.05, 0) is 41.4 Å². The van der Waals surface area contributed by atoms with Gasteiger partial charge >= 0.3 is 5.66 Å². The fraction of sp³-hybridized carbons (Fsp3) is 0.400. The molecule has 25 heavy (non-hydrogen) atoms. The number of hydrogen-bond donors (Lipinski definition) is 3. The standard InChI is InChI=1S/C15H17BrF2NO4PS/c1-3-4-7(2)23-10-6-8(14(19)20)5-9-11(16)13(25-12(9)10)15(17,18)24(21)22/h5-7,21-22H,3-4H2,1-2H3,(H2,19,20). The number of primary amides is 1. The molecule has 0 aliphatic heterocycles. The van der Waals surface area contributed by atoms with Gasteiger partial charge in [0.15, 0.2) is 0 Å². The van der Waals surface area contributed by atoms with Crippen molar-refractivity contribution in [1.29, 1.82) is 0 Å². The molecular formula is C15H17BrF2NO4PS. The van der Waals surface area contributed by atoms with Crippen LogP contribution in [0.5, 0.6) is 5.75 Å². The Labute approximate surface area is 156 Å². The van der Waals surface area contributed by atoms with Gasteiger partial charge in [-0.2, -0.15) is 8.78 Å². The SMILES string of the molecule is CCCC(C)Oc1cc(C(N)=O)cc2c(Br)c(C(F)(F)P(O)O)sc12. The first-order valence-electron chi connectivity index (χ1n) is 7.38. The van der Waals surface area contributed by atoms with Gasteiger partial charge in [0, 0.05) is 15.4 Å². The lowest BCUT2D eigenvalue weighted by Crippen LogP contribution is -2.14. The fourth-order valence-electron chi connectivity index (χ4n) is 2.34. The number of alkyl halides is 2. The monoisotopic (exact) mass is 455 g/mol. The Balaban J connectivity index is 2.68. The third kappa shape index (κ3) is 4.11. The van der Waals surface area contributed by atoms with E-state index in [4.69, 9.17) is 20.3 Å². The molecule has 2 aromatic rings.